The second-order valence-electron chi connectivity index (χ2n) is 11.0. The number of amides is 4. The van der Waals surface area contributed by atoms with Crippen LogP contribution in [0.4, 0.5) is 26.8 Å². The first kappa shape index (κ1) is 31.1. The SMILES string of the molecule is CC(C)(C)OC(=O)N1CCC(CC(=O)Nc2cc(Oc3ccc(NC(=O)Nc4ccccc4)c(CI)c3)ccn2)CC1. The van der Waals surface area contributed by atoms with Gasteiger partial charge in [-0.2, -0.15) is 0 Å². The van der Waals surface area contributed by atoms with E-state index < -0.39 is 5.60 Å². The van der Waals surface area contributed by atoms with Crippen molar-refractivity contribution in [3.8, 4) is 11.5 Å². The number of anilines is 3. The van der Waals surface area contributed by atoms with Crippen molar-refractivity contribution < 1.29 is 23.9 Å². The van der Waals surface area contributed by atoms with Gasteiger partial charge in [0.2, 0.25) is 5.91 Å². The second kappa shape index (κ2) is 14.3. The van der Waals surface area contributed by atoms with Crippen LogP contribution in [0.15, 0.2) is 66.9 Å². The summed E-state index contributed by atoms with van der Waals surface area (Å²) in [7, 11) is 0. The van der Waals surface area contributed by atoms with Gasteiger partial charge in [0.1, 0.15) is 22.9 Å². The van der Waals surface area contributed by atoms with E-state index in [1.165, 1.54) is 0 Å². The number of rotatable bonds is 8. The lowest BCUT2D eigenvalue weighted by Crippen LogP contribution is -2.42. The fourth-order valence-electron chi connectivity index (χ4n) is 4.45. The highest BCUT2D eigenvalue weighted by Gasteiger charge is 2.28. The minimum absolute atomic E-state index is 0.133. The Morgan fingerprint density at radius 2 is 1.67 bits per heavy atom. The molecule has 2 heterocycles. The van der Waals surface area contributed by atoms with Gasteiger partial charge in [0.05, 0.1) is 0 Å². The Kier molecular flexibility index (Phi) is 10.6. The van der Waals surface area contributed by atoms with Crippen molar-refractivity contribution in [3.05, 3.63) is 72.4 Å². The lowest BCUT2D eigenvalue weighted by Gasteiger charge is -2.33. The number of aromatic nitrogens is 1. The summed E-state index contributed by atoms with van der Waals surface area (Å²) < 4.78 is 12.2. The number of likely N-dealkylation sites (tertiary alicyclic amines) is 1. The molecule has 4 amide bonds. The number of carbonyl (C=O) groups excluding carboxylic acids is 3. The van der Waals surface area contributed by atoms with Crippen LogP contribution < -0.4 is 20.7 Å². The molecule has 222 valence electrons. The summed E-state index contributed by atoms with van der Waals surface area (Å²) in [5.74, 6) is 1.56. The molecule has 10 nitrogen and oxygen atoms in total. The van der Waals surface area contributed by atoms with E-state index >= 15 is 0 Å². The van der Waals surface area contributed by atoms with E-state index in [0.717, 1.165) is 18.4 Å². The quantitative estimate of drug-likeness (QED) is 0.168. The molecule has 0 radical (unpaired) electrons. The summed E-state index contributed by atoms with van der Waals surface area (Å²) in [5, 5.41) is 8.56. The lowest BCUT2D eigenvalue weighted by atomic mass is 9.93. The fourth-order valence-corrected chi connectivity index (χ4v) is 5.08. The molecule has 1 fully saturated rings. The van der Waals surface area contributed by atoms with E-state index in [1.807, 2.05) is 57.2 Å². The first-order chi connectivity index (χ1) is 20.1. The van der Waals surface area contributed by atoms with Gasteiger partial charge in [-0.25, -0.2) is 14.6 Å². The zero-order valence-corrected chi connectivity index (χ0v) is 26.1. The molecule has 0 atom stereocenters. The number of urea groups is 1. The van der Waals surface area contributed by atoms with Crippen molar-refractivity contribution in [2.45, 2.75) is 50.1 Å². The topological polar surface area (TPSA) is 122 Å². The van der Waals surface area contributed by atoms with Gasteiger partial charge in [-0.15, -0.1) is 0 Å². The van der Waals surface area contributed by atoms with E-state index in [2.05, 4.69) is 43.5 Å². The third-order valence-corrected chi connectivity index (χ3v) is 7.30. The Labute approximate surface area is 259 Å². The summed E-state index contributed by atoms with van der Waals surface area (Å²) in [6.07, 6.45) is 3.09. The average Bonchev–Trinajstić information content (AvgIpc) is 2.94. The zero-order chi connectivity index (χ0) is 30.1. The predicted octanol–water partition coefficient (Wildman–Crippen LogP) is 7.43. The number of pyridine rings is 1. The highest BCUT2D eigenvalue weighted by atomic mass is 127. The van der Waals surface area contributed by atoms with E-state index in [0.29, 0.717) is 52.6 Å². The number of carbonyl (C=O) groups is 3. The Morgan fingerprint density at radius 1 is 0.952 bits per heavy atom. The van der Waals surface area contributed by atoms with E-state index in [-0.39, 0.29) is 23.9 Å². The van der Waals surface area contributed by atoms with Crippen molar-refractivity contribution in [2.75, 3.05) is 29.0 Å². The Bertz CT molecular complexity index is 1390. The maximum absolute atomic E-state index is 12.7. The van der Waals surface area contributed by atoms with Crippen LogP contribution >= 0.6 is 22.6 Å². The van der Waals surface area contributed by atoms with Crippen LogP contribution in [0.5, 0.6) is 11.5 Å². The summed E-state index contributed by atoms with van der Waals surface area (Å²) in [6.45, 7) is 6.68. The summed E-state index contributed by atoms with van der Waals surface area (Å²) in [6, 6.07) is 17.7. The number of nitrogens with one attached hydrogen (secondary N) is 3. The number of nitrogens with zero attached hydrogens (tertiary/aromatic N) is 2. The van der Waals surface area contributed by atoms with Gasteiger partial charge >= 0.3 is 12.1 Å². The van der Waals surface area contributed by atoms with Crippen molar-refractivity contribution in [2.24, 2.45) is 5.92 Å². The van der Waals surface area contributed by atoms with Crippen molar-refractivity contribution in [1.82, 2.24) is 9.88 Å². The highest BCUT2D eigenvalue weighted by molar-refractivity contribution is 14.1. The van der Waals surface area contributed by atoms with E-state index in [9.17, 15) is 14.4 Å². The molecule has 1 saturated heterocycles. The molecule has 2 aromatic carbocycles. The molecule has 0 aliphatic carbocycles. The van der Waals surface area contributed by atoms with Crippen molar-refractivity contribution >= 4 is 57.8 Å². The zero-order valence-electron chi connectivity index (χ0n) is 24.0. The monoisotopic (exact) mass is 685 g/mol. The predicted molar refractivity (Wildman–Crippen MR) is 171 cm³/mol. The number of piperidine rings is 1. The number of para-hydroxylation sites is 1. The molecule has 42 heavy (non-hydrogen) atoms. The van der Waals surface area contributed by atoms with Crippen LogP contribution in [0.2, 0.25) is 0 Å². The molecule has 11 heteroatoms. The van der Waals surface area contributed by atoms with Crippen molar-refractivity contribution in [1.29, 1.82) is 0 Å². The molecule has 0 saturated carbocycles. The maximum atomic E-state index is 12.7. The molecule has 1 aliphatic rings. The molecule has 0 spiro atoms. The minimum Gasteiger partial charge on any atom is -0.457 e. The minimum atomic E-state index is -0.529. The molecule has 0 unspecified atom stereocenters. The van der Waals surface area contributed by atoms with Gasteiger partial charge in [0, 0.05) is 47.6 Å². The molecule has 3 N–H and O–H groups in total. The van der Waals surface area contributed by atoms with Crippen LogP contribution in [-0.2, 0) is 14.0 Å². The number of hydrogen-bond acceptors (Lipinski definition) is 6. The van der Waals surface area contributed by atoms with Gasteiger partial charge in [0.25, 0.3) is 0 Å². The third kappa shape index (κ3) is 9.61. The van der Waals surface area contributed by atoms with Gasteiger partial charge in [-0.05, 0) is 81.5 Å². The Hall–Kier alpha value is -3.87. The van der Waals surface area contributed by atoms with Gasteiger partial charge in [-0.3, -0.25) is 4.79 Å². The van der Waals surface area contributed by atoms with Crippen LogP contribution in [0.25, 0.3) is 0 Å². The summed E-state index contributed by atoms with van der Waals surface area (Å²) >= 11 is 2.24. The van der Waals surface area contributed by atoms with Gasteiger partial charge < -0.3 is 30.3 Å². The van der Waals surface area contributed by atoms with E-state index in [4.69, 9.17) is 9.47 Å². The summed E-state index contributed by atoms with van der Waals surface area (Å²) in [4.78, 5) is 43.4. The van der Waals surface area contributed by atoms with Crippen LogP contribution in [0.1, 0.15) is 45.6 Å². The number of ether oxygens (including phenoxy) is 2. The molecule has 1 aliphatic heterocycles. The van der Waals surface area contributed by atoms with Gasteiger partial charge in [-0.1, -0.05) is 40.8 Å². The average molecular weight is 686 g/mol. The molecule has 3 aromatic rings. The molecule has 4 rings (SSSR count). The normalized spacial score (nSPS) is 13.7. The Balaban J connectivity index is 1.28. The fraction of sp³-hybridized carbons (Fsp3) is 0.355. The maximum Gasteiger partial charge on any atom is 0.410 e. The largest absolute Gasteiger partial charge is 0.457 e. The van der Waals surface area contributed by atoms with Crippen molar-refractivity contribution in [3.63, 3.8) is 0 Å². The molecular formula is C31H36IN5O5. The number of benzene rings is 2. The lowest BCUT2D eigenvalue weighted by molar-refractivity contribution is -0.117. The van der Waals surface area contributed by atoms with Crippen LogP contribution in [-0.4, -0.2) is 46.6 Å². The first-order valence-electron chi connectivity index (χ1n) is 13.8. The molecule has 1 aromatic heterocycles. The summed E-state index contributed by atoms with van der Waals surface area (Å²) in [5.41, 5.74) is 1.76. The number of alkyl halides is 1. The number of hydrogen-bond donors (Lipinski definition) is 3. The highest BCUT2D eigenvalue weighted by Crippen LogP contribution is 2.29. The first-order valence-corrected chi connectivity index (χ1v) is 15.3. The molecular weight excluding hydrogens is 649 g/mol. The third-order valence-electron chi connectivity index (χ3n) is 6.48. The molecule has 0 bridgehead atoms. The second-order valence-corrected chi connectivity index (χ2v) is 11.8. The van der Waals surface area contributed by atoms with Crippen LogP contribution in [0, 0.1) is 5.92 Å². The standard InChI is InChI=1S/C31H36IN5O5/c1-31(2,3)42-30(40)37-15-12-21(13-16-37)17-28(38)36-27-19-25(11-14-33-27)41-24-9-10-26(22(18-24)20-32)35-29(39)34-23-7-5-4-6-8-23/h4-11,14,18-19,21H,12-13,15-17,20H2,1-3H3,(H,33,36,38)(H2,34,35,39). The Morgan fingerprint density at radius 3 is 2.36 bits per heavy atom. The van der Waals surface area contributed by atoms with Gasteiger partial charge in [0.15, 0.2) is 0 Å². The number of halogens is 1. The smallest absolute Gasteiger partial charge is 0.410 e. The van der Waals surface area contributed by atoms with E-state index in [1.54, 1.807) is 35.4 Å². The van der Waals surface area contributed by atoms with Crippen LogP contribution in [0.3, 0.4) is 0 Å².